The van der Waals surface area contributed by atoms with Crippen molar-refractivity contribution in [3.63, 3.8) is 0 Å². The minimum atomic E-state index is -0.393. The van der Waals surface area contributed by atoms with Gasteiger partial charge in [-0.15, -0.1) is 0 Å². The molecule has 30 heavy (non-hydrogen) atoms. The normalized spacial score (nSPS) is 23.0. The molecule has 1 aliphatic carbocycles. The van der Waals surface area contributed by atoms with Crippen molar-refractivity contribution >= 4 is 33.6 Å². The van der Waals surface area contributed by atoms with Crippen molar-refractivity contribution in [1.29, 1.82) is 0 Å². The van der Waals surface area contributed by atoms with Crippen molar-refractivity contribution in [3.8, 4) is 0 Å². The minimum Gasteiger partial charge on any atom is -0.342 e. The summed E-state index contributed by atoms with van der Waals surface area (Å²) in [5.41, 5.74) is 1.63. The summed E-state index contributed by atoms with van der Waals surface area (Å²) in [7, 11) is 0. The SMILES string of the molecule is O=C(NCC1CCCN(C(=O)C2CC2c2cccc(Br)c2)C1)Nc1cccc(F)c1. The highest BCUT2D eigenvalue weighted by atomic mass is 79.9. The number of nitrogens with zero attached hydrogens (tertiary/aromatic N) is 1. The van der Waals surface area contributed by atoms with Crippen LogP contribution < -0.4 is 10.6 Å². The summed E-state index contributed by atoms with van der Waals surface area (Å²) in [4.78, 5) is 27.0. The fourth-order valence-corrected chi connectivity index (χ4v) is 4.64. The third kappa shape index (κ3) is 5.19. The summed E-state index contributed by atoms with van der Waals surface area (Å²) in [5.74, 6) is 0.446. The average Bonchev–Trinajstić information content (AvgIpc) is 3.53. The van der Waals surface area contributed by atoms with Gasteiger partial charge in [0, 0.05) is 35.7 Å². The first-order valence-corrected chi connectivity index (χ1v) is 11.1. The summed E-state index contributed by atoms with van der Waals surface area (Å²) in [6, 6.07) is 13.6. The Balaban J connectivity index is 1.25. The van der Waals surface area contributed by atoms with Crippen LogP contribution in [0.15, 0.2) is 53.0 Å². The molecule has 0 radical (unpaired) electrons. The van der Waals surface area contributed by atoms with E-state index in [2.05, 4.69) is 38.7 Å². The van der Waals surface area contributed by atoms with E-state index in [9.17, 15) is 14.0 Å². The van der Waals surface area contributed by atoms with Gasteiger partial charge >= 0.3 is 6.03 Å². The number of piperidine rings is 1. The largest absolute Gasteiger partial charge is 0.342 e. The molecule has 7 heteroatoms. The fraction of sp³-hybridized carbons (Fsp3) is 0.391. The number of likely N-dealkylation sites (tertiary alicyclic amines) is 1. The van der Waals surface area contributed by atoms with Crippen molar-refractivity contribution in [2.75, 3.05) is 25.0 Å². The van der Waals surface area contributed by atoms with Crippen LogP contribution in [0, 0.1) is 17.7 Å². The molecule has 2 aliphatic rings. The highest BCUT2D eigenvalue weighted by Crippen LogP contribution is 2.49. The van der Waals surface area contributed by atoms with Crippen LogP contribution in [0.25, 0.3) is 0 Å². The van der Waals surface area contributed by atoms with Crippen molar-refractivity contribution in [3.05, 3.63) is 64.4 Å². The Bertz CT molecular complexity index is 938. The summed E-state index contributed by atoms with van der Waals surface area (Å²) < 4.78 is 14.3. The lowest BCUT2D eigenvalue weighted by Crippen LogP contribution is -2.45. The Labute approximate surface area is 184 Å². The Morgan fingerprint density at radius 1 is 1.17 bits per heavy atom. The Morgan fingerprint density at radius 2 is 2.00 bits per heavy atom. The van der Waals surface area contributed by atoms with Gasteiger partial charge in [-0.25, -0.2) is 9.18 Å². The number of halogens is 2. The molecule has 158 valence electrons. The number of carbonyl (C=O) groups excluding carboxylic acids is 2. The van der Waals surface area contributed by atoms with Crippen LogP contribution in [-0.4, -0.2) is 36.5 Å². The number of benzene rings is 2. The molecule has 3 unspecified atom stereocenters. The Morgan fingerprint density at radius 3 is 2.80 bits per heavy atom. The molecule has 2 N–H and O–H groups in total. The smallest absolute Gasteiger partial charge is 0.319 e. The van der Waals surface area contributed by atoms with Crippen LogP contribution in [0.1, 0.15) is 30.7 Å². The van der Waals surface area contributed by atoms with Crippen LogP contribution in [0.4, 0.5) is 14.9 Å². The molecule has 3 atom stereocenters. The standard InChI is InChI=1S/C23H25BrFN3O2/c24-17-6-1-5-16(10-17)20-12-21(20)22(29)28-9-3-4-15(14-28)13-26-23(30)27-19-8-2-7-18(25)11-19/h1-2,5-8,10-11,15,20-21H,3-4,9,12-14H2,(H2,26,27,30). The number of hydrogen-bond donors (Lipinski definition) is 2. The van der Waals surface area contributed by atoms with Crippen LogP contribution in [-0.2, 0) is 4.79 Å². The maximum atomic E-state index is 13.2. The first-order valence-electron chi connectivity index (χ1n) is 10.3. The molecule has 1 saturated heterocycles. The van der Waals surface area contributed by atoms with Gasteiger partial charge in [0.1, 0.15) is 5.82 Å². The summed E-state index contributed by atoms with van der Waals surface area (Å²) in [6.45, 7) is 1.94. The maximum Gasteiger partial charge on any atom is 0.319 e. The summed E-state index contributed by atoms with van der Waals surface area (Å²) in [6.07, 6.45) is 2.83. The van der Waals surface area contributed by atoms with Crippen LogP contribution in [0.3, 0.4) is 0 Å². The van der Waals surface area contributed by atoms with E-state index in [1.54, 1.807) is 12.1 Å². The number of hydrogen-bond acceptors (Lipinski definition) is 2. The van der Waals surface area contributed by atoms with E-state index in [-0.39, 0.29) is 23.8 Å². The first-order chi connectivity index (χ1) is 14.5. The van der Waals surface area contributed by atoms with Crippen LogP contribution in [0.2, 0.25) is 0 Å². The van der Waals surface area contributed by atoms with Gasteiger partial charge < -0.3 is 15.5 Å². The zero-order chi connectivity index (χ0) is 21.1. The lowest BCUT2D eigenvalue weighted by molar-refractivity contribution is -0.134. The van der Waals surface area contributed by atoms with E-state index in [0.29, 0.717) is 24.7 Å². The topological polar surface area (TPSA) is 61.4 Å². The van der Waals surface area contributed by atoms with Gasteiger partial charge in [-0.05, 0) is 67.0 Å². The monoisotopic (exact) mass is 473 g/mol. The van der Waals surface area contributed by atoms with Gasteiger partial charge in [0.25, 0.3) is 0 Å². The molecule has 0 spiro atoms. The maximum absolute atomic E-state index is 13.2. The second-order valence-corrected chi connectivity index (χ2v) is 9.06. The van der Waals surface area contributed by atoms with Gasteiger partial charge in [0.15, 0.2) is 0 Å². The Kier molecular flexibility index (Phi) is 6.37. The van der Waals surface area contributed by atoms with Crippen molar-refractivity contribution in [2.24, 2.45) is 11.8 Å². The predicted molar refractivity (Wildman–Crippen MR) is 118 cm³/mol. The predicted octanol–water partition coefficient (Wildman–Crippen LogP) is 4.75. The van der Waals surface area contributed by atoms with E-state index < -0.39 is 5.82 Å². The molecule has 3 amide bonds. The number of anilines is 1. The van der Waals surface area contributed by atoms with Gasteiger partial charge in [-0.1, -0.05) is 34.1 Å². The number of nitrogens with one attached hydrogen (secondary N) is 2. The van der Waals surface area contributed by atoms with Crippen molar-refractivity contribution < 1.29 is 14.0 Å². The second-order valence-electron chi connectivity index (χ2n) is 8.14. The van der Waals surface area contributed by atoms with Gasteiger partial charge in [0.2, 0.25) is 5.91 Å². The summed E-state index contributed by atoms with van der Waals surface area (Å²) >= 11 is 3.50. The van der Waals surface area contributed by atoms with E-state index >= 15 is 0 Å². The lowest BCUT2D eigenvalue weighted by Gasteiger charge is -2.33. The first kappa shape index (κ1) is 20.8. The van der Waals surface area contributed by atoms with E-state index in [4.69, 9.17) is 0 Å². The van der Waals surface area contributed by atoms with Gasteiger partial charge in [-0.2, -0.15) is 0 Å². The minimum absolute atomic E-state index is 0.0716. The number of rotatable bonds is 5. The molecule has 0 bridgehead atoms. The third-order valence-electron chi connectivity index (χ3n) is 5.85. The fourth-order valence-electron chi connectivity index (χ4n) is 4.22. The molecule has 1 heterocycles. The number of carbonyl (C=O) groups is 2. The molecule has 1 saturated carbocycles. The third-order valence-corrected chi connectivity index (χ3v) is 6.34. The molecule has 2 fully saturated rings. The molecule has 4 rings (SSSR count). The zero-order valence-electron chi connectivity index (χ0n) is 16.6. The van der Waals surface area contributed by atoms with Crippen LogP contribution in [0.5, 0.6) is 0 Å². The molecular formula is C23H25BrFN3O2. The van der Waals surface area contributed by atoms with Gasteiger partial charge in [0.05, 0.1) is 0 Å². The number of urea groups is 1. The second kappa shape index (κ2) is 9.16. The molecule has 2 aromatic rings. The zero-order valence-corrected chi connectivity index (χ0v) is 18.2. The quantitative estimate of drug-likeness (QED) is 0.657. The van der Waals surface area contributed by atoms with Crippen molar-refractivity contribution in [1.82, 2.24) is 10.2 Å². The van der Waals surface area contributed by atoms with E-state index in [0.717, 1.165) is 30.3 Å². The van der Waals surface area contributed by atoms with Crippen molar-refractivity contribution in [2.45, 2.75) is 25.2 Å². The average molecular weight is 474 g/mol. The molecule has 1 aliphatic heterocycles. The molecular weight excluding hydrogens is 449 g/mol. The highest BCUT2D eigenvalue weighted by Gasteiger charge is 2.46. The number of amides is 3. The summed E-state index contributed by atoms with van der Waals surface area (Å²) in [5, 5.41) is 5.49. The molecule has 0 aromatic heterocycles. The lowest BCUT2D eigenvalue weighted by atomic mass is 9.97. The van der Waals surface area contributed by atoms with Crippen LogP contribution >= 0.6 is 15.9 Å². The Hall–Kier alpha value is -2.41. The van der Waals surface area contributed by atoms with E-state index in [1.807, 2.05) is 17.0 Å². The highest BCUT2D eigenvalue weighted by molar-refractivity contribution is 9.10. The molecule has 5 nitrogen and oxygen atoms in total. The van der Waals surface area contributed by atoms with E-state index in [1.165, 1.54) is 17.7 Å². The molecule has 2 aromatic carbocycles. The van der Waals surface area contributed by atoms with Gasteiger partial charge in [-0.3, -0.25) is 4.79 Å².